The number of nitrogens with one attached hydrogen (secondary N) is 1. The Balaban J connectivity index is 1.74. The van der Waals surface area contributed by atoms with Crippen molar-refractivity contribution in [1.29, 1.82) is 0 Å². The first kappa shape index (κ1) is 17.5. The second kappa shape index (κ2) is 6.87. The van der Waals surface area contributed by atoms with E-state index >= 15 is 0 Å². The van der Waals surface area contributed by atoms with Gasteiger partial charge in [-0.15, -0.1) is 5.10 Å². The number of benzene rings is 2. The van der Waals surface area contributed by atoms with Crippen LogP contribution in [0.2, 0.25) is 0 Å². The number of hydrogen-bond acceptors (Lipinski definition) is 5. The van der Waals surface area contributed by atoms with E-state index in [9.17, 15) is 18.0 Å². The highest BCUT2D eigenvalue weighted by atomic mass is 19.4. The third kappa shape index (κ3) is 3.82. The van der Waals surface area contributed by atoms with Crippen LogP contribution in [0, 0.1) is 0 Å². The third-order valence-corrected chi connectivity index (χ3v) is 3.44. The Labute approximate surface area is 145 Å². The predicted octanol–water partition coefficient (Wildman–Crippen LogP) is 4.02. The minimum absolute atomic E-state index is 0.0142. The fraction of sp³-hybridized carbons (Fsp3) is 0.118. The molecule has 1 aromatic heterocycles. The lowest BCUT2D eigenvalue weighted by molar-refractivity contribution is -0.137. The molecule has 1 amide bonds. The first-order chi connectivity index (χ1) is 12.4. The first-order valence-corrected chi connectivity index (χ1v) is 7.33. The number of hydrogen-bond donors (Lipinski definition) is 1. The topological polar surface area (TPSA) is 77.2 Å². The number of carbonyl (C=O) groups excluding carboxylic acids is 1. The van der Waals surface area contributed by atoms with Crippen LogP contribution >= 0.6 is 0 Å². The van der Waals surface area contributed by atoms with Crippen molar-refractivity contribution in [2.75, 3.05) is 12.4 Å². The van der Waals surface area contributed by atoms with E-state index in [0.717, 1.165) is 12.1 Å². The lowest BCUT2D eigenvalue weighted by atomic mass is 10.1. The molecule has 0 radical (unpaired) electrons. The number of amides is 1. The largest absolute Gasteiger partial charge is 0.497 e. The van der Waals surface area contributed by atoms with Gasteiger partial charge in [0.25, 0.3) is 5.91 Å². The zero-order valence-corrected chi connectivity index (χ0v) is 13.4. The highest BCUT2D eigenvalue weighted by Crippen LogP contribution is 2.31. The number of ether oxygens (including phenoxy) is 1. The Morgan fingerprint density at radius 1 is 1.12 bits per heavy atom. The molecule has 0 saturated heterocycles. The van der Waals surface area contributed by atoms with E-state index in [1.54, 1.807) is 18.2 Å². The van der Waals surface area contributed by atoms with E-state index in [4.69, 9.17) is 9.15 Å². The SMILES string of the molecule is COc1cccc(C(=O)Nc2nnc(-c3ccc(C(F)(F)F)cc3)o2)c1. The van der Waals surface area contributed by atoms with E-state index in [0.29, 0.717) is 16.9 Å². The highest BCUT2D eigenvalue weighted by molar-refractivity contribution is 6.03. The van der Waals surface area contributed by atoms with Crippen LogP contribution in [-0.2, 0) is 6.18 Å². The maximum absolute atomic E-state index is 12.6. The third-order valence-electron chi connectivity index (χ3n) is 3.44. The summed E-state index contributed by atoms with van der Waals surface area (Å²) in [5, 5.41) is 9.81. The van der Waals surface area contributed by atoms with Gasteiger partial charge in [-0.1, -0.05) is 11.2 Å². The molecule has 3 rings (SSSR count). The molecule has 0 unspecified atom stereocenters. The van der Waals surface area contributed by atoms with E-state index in [2.05, 4.69) is 15.5 Å². The minimum Gasteiger partial charge on any atom is -0.497 e. The smallest absolute Gasteiger partial charge is 0.416 e. The average molecular weight is 363 g/mol. The molecule has 134 valence electrons. The Morgan fingerprint density at radius 3 is 2.50 bits per heavy atom. The zero-order chi connectivity index (χ0) is 18.7. The summed E-state index contributed by atoms with van der Waals surface area (Å²) in [4.78, 5) is 12.2. The van der Waals surface area contributed by atoms with Crippen LogP contribution in [-0.4, -0.2) is 23.2 Å². The molecular weight excluding hydrogens is 351 g/mol. The summed E-state index contributed by atoms with van der Waals surface area (Å²) in [7, 11) is 1.48. The molecule has 1 heterocycles. The molecule has 1 N–H and O–H groups in total. The van der Waals surface area contributed by atoms with Crippen LogP contribution in [0.4, 0.5) is 19.2 Å². The van der Waals surface area contributed by atoms with E-state index in [-0.39, 0.29) is 11.9 Å². The van der Waals surface area contributed by atoms with Crippen LogP contribution < -0.4 is 10.1 Å². The van der Waals surface area contributed by atoms with Gasteiger partial charge in [-0.25, -0.2) is 0 Å². The second-order valence-electron chi connectivity index (χ2n) is 5.17. The highest BCUT2D eigenvalue weighted by Gasteiger charge is 2.30. The number of rotatable bonds is 4. The number of aromatic nitrogens is 2. The Morgan fingerprint density at radius 2 is 1.85 bits per heavy atom. The molecule has 0 aliphatic heterocycles. The number of carbonyl (C=O) groups is 1. The molecule has 9 heteroatoms. The van der Waals surface area contributed by atoms with Crippen molar-refractivity contribution in [3.8, 4) is 17.2 Å². The van der Waals surface area contributed by atoms with Gasteiger partial charge in [-0.2, -0.15) is 13.2 Å². The Kier molecular flexibility index (Phi) is 4.61. The normalized spacial score (nSPS) is 11.2. The standard InChI is InChI=1S/C17H12F3N3O3/c1-25-13-4-2-3-11(9-13)14(24)21-16-23-22-15(26-16)10-5-7-12(8-6-10)17(18,19)20/h2-9H,1H3,(H,21,23,24). The molecule has 3 aromatic rings. The van der Waals surface area contributed by atoms with E-state index in [1.807, 2.05) is 0 Å². The molecule has 0 spiro atoms. The summed E-state index contributed by atoms with van der Waals surface area (Å²) in [5.41, 5.74) is -0.168. The van der Waals surface area contributed by atoms with E-state index in [1.165, 1.54) is 25.3 Å². The molecule has 26 heavy (non-hydrogen) atoms. The lowest BCUT2D eigenvalue weighted by Gasteiger charge is -2.06. The summed E-state index contributed by atoms with van der Waals surface area (Å²) >= 11 is 0. The minimum atomic E-state index is -4.43. The fourth-order valence-electron chi connectivity index (χ4n) is 2.13. The maximum Gasteiger partial charge on any atom is 0.416 e. The molecule has 6 nitrogen and oxygen atoms in total. The zero-order valence-electron chi connectivity index (χ0n) is 13.4. The number of halogens is 3. The van der Waals surface area contributed by atoms with Crippen LogP contribution in [0.3, 0.4) is 0 Å². The van der Waals surface area contributed by atoms with Crippen LogP contribution in [0.15, 0.2) is 52.9 Å². The Bertz CT molecular complexity index is 921. The van der Waals surface area contributed by atoms with Crippen molar-refractivity contribution in [3.05, 3.63) is 59.7 Å². The van der Waals surface area contributed by atoms with Gasteiger partial charge in [-0.3, -0.25) is 10.1 Å². The van der Waals surface area contributed by atoms with Gasteiger partial charge in [0.15, 0.2) is 0 Å². The number of anilines is 1. The van der Waals surface area contributed by atoms with Crippen molar-refractivity contribution in [2.24, 2.45) is 0 Å². The van der Waals surface area contributed by atoms with Gasteiger partial charge in [0.05, 0.1) is 12.7 Å². The summed E-state index contributed by atoms with van der Waals surface area (Å²) in [6.07, 6.45) is -4.43. The number of alkyl halides is 3. The average Bonchev–Trinajstić information content (AvgIpc) is 3.09. The van der Waals surface area contributed by atoms with Gasteiger partial charge >= 0.3 is 12.2 Å². The predicted molar refractivity (Wildman–Crippen MR) is 85.7 cm³/mol. The summed E-state index contributed by atoms with van der Waals surface area (Å²) < 4.78 is 48.0. The molecular formula is C17H12F3N3O3. The maximum atomic E-state index is 12.6. The molecule has 0 bridgehead atoms. The van der Waals surface area contributed by atoms with E-state index < -0.39 is 17.6 Å². The van der Waals surface area contributed by atoms with Crippen molar-refractivity contribution in [2.45, 2.75) is 6.18 Å². The molecule has 0 saturated carbocycles. The lowest BCUT2D eigenvalue weighted by Crippen LogP contribution is -2.12. The quantitative estimate of drug-likeness (QED) is 0.758. The number of nitrogens with zero attached hydrogens (tertiary/aromatic N) is 2. The Hall–Kier alpha value is -3.36. The summed E-state index contributed by atoms with van der Waals surface area (Å²) in [5.74, 6) is -0.000177. The van der Waals surface area contributed by atoms with Gasteiger partial charge in [0, 0.05) is 11.1 Å². The second-order valence-corrected chi connectivity index (χ2v) is 5.17. The van der Waals surface area contributed by atoms with Gasteiger partial charge in [0.1, 0.15) is 5.75 Å². The van der Waals surface area contributed by atoms with Crippen molar-refractivity contribution < 1.29 is 27.1 Å². The van der Waals surface area contributed by atoms with Gasteiger partial charge < -0.3 is 9.15 Å². The van der Waals surface area contributed by atoms with Crippen molar-refractivity contribution >= 4 is 11.9 Å². The van der Waals surface area contributed by atoms with Crippen LogP contribution in [0.1, 0.15) is 15.9 Å². The van der Waals surface area contributed by atoms with Crippen LogP contribution in [0.25, 0.3) is 11.5 Å². The molecule has 2 aromatic carbocycles. The first-order valence-electron chi connectivity index (χ1n) is 7.33. The monoisotopic (exact) mass is 363 g/mol. The summed E-state index contributed by atoms with van der Waals surface area (Å²) in [6, 6.07) is 10.5. The van der Waals surface area contributed by atoms with Crippen molar-refractivity contribution in [1.82, 2.24) is 10.2 Å². The van der Waals surface area contributed by atoms with Crippen molar-refractivity contribution in [3.63, 3.8) is 0 Å². The molecule has 0 aliphatic carbocycles. The number of methoxy groups -OCH3 is 1. The fourth-order valence-corrected chi connectivity index (χ4v) is 2.13. The summed E-state index contributed by atoms with van der Waals surface area (Å²) in [6.45, 7) is 0. The molecule has 0 fully saturated rings. The van der Waals surface area contributed by atoms with Gasteiger partial charge in [-0.05, 0) is 42.5 Å². The van der Waals surface area contributed by atoms with Crippen LogP contribution in [0.5, 0.6) is 5.75 Å². The van der Waals surface area contributed by atoms with Gasteiger partial charge in [0.2, 0.25) is 5.89 Å². The molecule has 0 aliphatic rings. The molecule has 0 atom stereocenters.